The fraction of sp³-hybridized carbons (Fsp3) is 0.0455. The van der Waals surface area contributed by atoms with E-state index in [0.717, 1.165) is 6.20 Å². The summed E-state index contributed by atoms with van der Waals surface area (Å²) in [5.41, 5.74) is 0.0868. The van der Waals surface area contributed by atoms with Gasteiger partial charge in [0.05, 0.1) is 23.1 Å². The highest BCUT2D eigenvalue weighted by molar-refractivity contribution is 6.30. The second kappa shape index (κ2) is 8.23. The van der Waals surface area contributed by atoms with Gasteiger partial charge in [-0.15, -0.1) is 0 Å². The van der Waals surface area contributed by atoms with Gasteiger partial charge >= 0.3 is 6.18 Å². The van der Waals surface area contributed by atoms with Crippen LogP contribution < -0.4 is 5.32 Å². The minimum atomic E-state index is -4.81. The molecule has 0 radical (unpaired) electrons. The minimum absolute atomic E-state index is 0.132. The molecule has 4 rings (SSSR count). The van der Waals surface area contributed by atoms with E-state index in [1.165, 1.54) is 24.3 Å². The van der Waals surface area contributed by atoms with Gasteiger partial charge in [-0.1, -0.05) is 29.8 Å². The fourth-order valence-electron chi connectivity index (χ4n) is 3.05. The van der Waals surface area contributed by atoms with Gasteiger partial charge in [0.1, 0.15) is 0 Å². The lowest BCUT2D eigenvalue weighted by atomic mass is 10.1. The molecule has 1 N–H and O–H groups in total. The van der Waals surface area contributed by atoms with E-state index in [1.54, 1.807) is 42.6 Å². The molecule has 4 aromatic rings. The first-order valence-electron chi connectivity index (χ1n) is 9.07. The molecule has 2 aromatic heterocycles. The maximum absolute atomic E-state index is 13.8. The van der Waals surface area contributed by atoms with Crippen LogP contribution in [-0.4, -0.2) is 20.7 Å². The molecule has 5 nitrogen and oxygen atoms in total. The third kappa shape index (κ3) is 4.44. The monoisotopic (exact) mass is 442 g/mol. The largest absolute Gasteiger partial charge is 0.434 e. The number of carbonyl (C=O) groups excluding carboxylic acids is 1. The van der Waals surface area contributed by atoms with E-state index in [9.17, 15) is 18.0 Å². The molecule has 2 aromatic carbocycles. The SMILES string of the molecule is O=C(Nc1cccc(-c2ccccn2)c1)c1cnn(-c2ccc(Cl)cc2)c1C(F)(F)F. The molecule has 156 valence electrons. The van der Waals surface area contributed by atoms with Crippen molar-refractivity contribution in [1.29, 1.82) is 0 Å². The number of amides is 1. The van der Waals surface area contributed by atoms with E-state index in [4.69, 9.17) is 11.6 Å². The van der Waals surface area contributed by atoms with Gasteiger partial charge in [-0.25, -0.2) is 4.68 Å². The standard InChI is InChI=1S/C22H14ClF3N4O/c23-15-7-9-17(10-8-15)30-20(22(24,25)26)18(13-28-30)21(31)29-16-5-3-4-14(12-16)19-6-1-2-11-27-19/h1-13H,(H,29,31). The van der Waals surface area contributed by atoms with Crippen LogP contribution in [0.2, 0.25) is 5.02 Å². The van der Waals surface area contributed by atoms with Gasteiger partial charge in [0.25, 0.3) is 5.91 Å². The predicted octanol–water partition coefficient (Wildman–Crippen LogP) is 5.86. The first-order valence-corrected chi connectivity index (χ1v) is 9.45. The van der Waals surface area contributed by atoms with E-state index in [1.807, 2.05) is 6.07 Å². The van der Waals surface area contributed by atoms with E-state index in [2.05, 4.69) is 15.4 Å². The number of nitrogens with zero attached hydrogens (tertiary/aromatic N) is 3. The van der Waals surface area contributed by atoms with Crippen molar-refractivity contribution >= 4 is 23.2 Å². The number of aromatic nitrogens is 3. The van der Waals surface area contributed by atoms with Crippen molar-refractivity contribution in [2.24, 2.45) is 0 Å². The summed E-state index contributed by atoms with van der Waals surface area (Å²) in [6, 6.07) is 17.7. The fourth-order valence-corrected chi connectivity index (χ4v) is 3.18. The van der Waals surface area contributed by atoms with E-state index in [-0.39, 0.29) is 5.69 Å². The smallest absolute Gasteiger partial charge is 0.322 e. The Bertz CT molecular complexity index is 1220. The normalized spacial score (nSPS) is 11.4. The molecule has 0 fully saturated rings. The molecule has 0 atom stereocenters. The zero-order valence-electron chi connectivity index (χ0n) is 15.8. The third-order valence-electron chi connectivity index (χ3n) is 4.43. The Balaban J connectivity index is 1.67. The molecule has 0 aliphatic heterocycles. The summed E-state index contributed by atoms with van der Waals surface area (Å²) in [5, 5.41) is 6.68. The second-order valence-electron chi connectivity index (χ2n) is 6.54. The van der Waals surface area contributed by atoms with Gasteiger partial charge in [0.15, 0.2) is 5.69 Å². The molecule has 0 bridgehead atoms. The van der Waals surface area contributed by atoms with Crippen LogP contribution in [0.5, 0.6) is 0 Å². The summed E-state index contributed by atoms with van der Waals surface area (Å²) >= 11 is 5.81. The first kappa shape index (κ1) is 20.6. The van der Waals surface area contributed by atoms with Crippen molar-refractivity contribution in [3.8, 4) is 16.9 Å². The van der Waals surface area contributed by atoms with Crippen molar-refractivity contribution in [3.63, 3.8) is 0 Å². The molecule has 1 amide bonds. The van der Waals surface area contributed by atoms with E-state index < -0.39 is 23.3 Å². The second-order valence-corrected chi connectivity index (χ2v) is 6.98. The number of hydrogen-bond acceptors (Lipinski definition) is 3. The van der Waals surface area contributed by atoms with Gasteiger partial charge in [0.2, 0.25) is 0 Å². The van der Waals surface area contributed by atoms with Crippen molar-refractivity contribution in [2.45, 2.75) is 6.18 Å². The Labute approximate surface area is 180 Å². The summed E-state index contributed by atoms with van der Waals surface area (Å²) in [6.07, 6.45) is -2.28. The van der Waals surface area contributed by atoms with Gasteiger partial charge in [-0.2, -0.15) is 18.3 Å². The van der Waals surface area contributed by atoms with Crippen LogP contribution in [0.15, 0.2) is 79.1 Å². The zero-order valence-corrected chi connectivity index (χ0v) is 16.5. The summed E-state index contributed by atoms with van der Waals surface area (Å²) < 4.78 is 42.1. The summed E-state index contributed by atoms with van der Waals surface area (Å²) in [7, 11) is 0. The summed E-state index contributed by atoms with van der Waals surface area (Å²) in [6.45, 7) is 0. The van der Waals surface area contributed by atoms with Crippen molar-refractivity contribution in [2.75, 3.05) is 5.32 Å². The number of alkyl halides is 3. The molecule has 31 heavy (non-hydrogen) atoms. The molecule has 9 heteroatoms. The zero-order chi connectivity index (χ0) is 22.0. The molecule has 0 spiro atoms. The minimum Gasteiger partial charge on any atom is -0.322 e. The number of halogens is 4. The molecule has 2 heterocycles. The Kier molecular flexibility index (Phi) is 5.48. The van der Waals surface area contributed by atoms with Crippen LogP contribution in [0.1, 0.15) is 16.1 Å². The van der Waals surface area contributed by atoms with Gasteiger partial charge in [0, 0.05) is 22.5 Å². The topological polar surface area (TPSA) is 59.8 Å². The maximum Gasteiger partial charge on any atom is 0.434 e. The lowest BCUT2D eigenvalue weighted by molar-refractivity contribution is -0.143. The number of benzene rings is 2. The highest BCUT2D eigenvalue weighted by Crippen LogP contribution is 2.34. The van der Waals surface area contributed by atoms with Gasteiger partial charge in [-0.05, 0) is 48.5 Å². The molecule has 0 unspecified atom stereocenters. The van der Waals surface area contributed by atoms with Crippen LogP contribution in [-0.2, 0) is 6.18 Å². The molecule has 0 saturated heterocycles. The number of anilines is 1. The van der Waals surface area contributed by atoms with Crippen LogP contribution in [0, 0.1) is 0 Å². The van der Waals surface area contributed by atoms with E-state index in [0.29, 0.717) is 26.6 Å². The van der Waals surface area contributed by atoms with Crippen molar-refractivity contribution < 1.29 is 18.0 Å². The average Bonchev–Trinajstić information content (AvgIpc) is 3.21. The van der Waals surface area contributed by atoms with Crippen molar-refractivity contribution in [1.82, 2.24) is 14.8 Å². The quantitative estimate of drug-likeness (QED) is 0.430. The van der Waals surface area contributed by atoms with Crippen LogP contribution in [0.3, 0.4) is 0 Å². The molecule has 0 saturated carbocycles. The van der Waals surface area contributed by atoms with Crippen LogP contribution >= 0.6 is 11.6 Å². The molecular weight excluding hydrogens is 429 g/mol. The number of pyridine rings is 1. The number of rotatable bonds is 4. The van der Waals surface area contributed by atoms with Crippen LogP contribution in [0.25, 0.3) is 16.9 Å². The van der Waals surface area contributed by atoms with E-state index >= 15 is 0 Å². The summed E-state index contributed by atoms with van der Waals surface area (Å²) in [4.78, 5) is 17.0. The first-order chi connectivity index (χ1) is 14.8. The maximum atomic E-state index is 13.8. The Morgan fingerprint density at radius 1 is 1.00 bits per heavy atom. The highest BCUT2D eigenvalue weighted by atomic mass is 35.5. The Hall–Kier alpha value is -3.65. The Morgan fingerprint density at radius 2 is 1.77 bits per heavy atom. The Morgan fingerprint density at radius 3 is 2.45 bits per heavy atom. The number of hydrogen-bond donors (Lipinski definition) is 1. The third-order valence-corrected chi connectivity index (χ3v) is 4.69. The molecule has 0 aliphatic carbocycles. The van der Waals surface area contributed by atoms with Gasteiger partial charge < -0.3 is 5.32 Å². The lowest BCUT2D eigenvalue weighted by Gasteiger charge is -2.13. The average molecular weight is 443 g/mol. The number of carbonyl (C=O) groups is 1. The highest BCUT2D eigenvalue weighted by Gasteiger charge is 2.40. The van der Waals surface area contributed by atoms with Crippen LogP contribution in [0.4, 0.5) is 18.9 Å². The van der Waals surface area contributed by atoms with Gasteiger partial charge in [-0.3, -0.25) is 9.78 Å². The lowest BCUT2D eigenvalue weighted by Crippen LogP contribution is -2.20. The number of nitrogens with one attached hydrogen (secondary N) is 1. The molecular formula is C22H14ClF3N4O. The van der Waals surface area contributed by atoms with Crippen molar-refractivity contribution in [3.05, 3.63) is 95.4 Å². The predicted molar refractivity (Wildman–Crippen MR) is 111 cm³/mol. The molecule has 0 aliphatic rings. The summed E-state index contributed by atoms with van der Waals surface area (Å²) in [5.74, 6) is -0.925.